The number of aliphatic hydroxyl groups is 1. The summed E-state index contributed by atoms with van der Waals surface area (Å²) in [5, 5.41) is 44.8. The van der Waals surface area contributed by atoms with Crippen LogP contribution in [-0.4, -0.2) is 210 Å². The number of methoxy groups -OCH3 is 2. The number of nitrogens with zero attached hydrogens (tertiary/aromatic N) is 3. The van der Waals surface area contributed by atoms with Crippen molar-refractivity contribution in [1.82, 2.24) is 41.4 Å². The first-order chi connectivity index (χ1) is 37.7. The predicted octanol–water partition coefficient (Wildman–Crippen LogP) is -0.821. The highest BCUT2D eigenvalue weighted by Gasteiger charge is 2.41. The van der Waals surface area contributed by atoms with Crippen molar-refractivity contribution in [3.63, 3.8) is 0 Å². The molecule has 25 nitrogen and oxygen atoms in total. The van der Waals surface area contributed by atoms with Crippen molar-refractivity contribution in [2.75, 3.05) is 93.1 Å². The van der Waals surface area contributed by atoms with Gasteiger partial charge in [0.1, 0.15) is 29.2 Å². The maximum atomic E-state index is 13.2. The van der Waals surface area contributed by atoms with Gasteiger partial charge in [0.15, 0.2) is 26.9 Å². The maximum Gasteiger partial charge on any atom is 0.269 e. The number of ketones is 2. The highest BCUT2D eigenvalue weighted by Crippen LogP contribution is 2.47. The Hall–Kier alpha value is -6.94. The van der Waals surface area contributed by atoms with E-state index in [1.165, 1.54) is 36.3 Å². The summed E-state index contributed by atoms with van der Waals surface area (Å²) in [4.78, 5) is 105. The van der Waals surface area contributed by atoms with Crippen molar-refractivity contribution >= 4 is 57.2 Å². The number of likely N-dealkylation sites (N-methyl/N-ethyl adjacent to an activating group) is 1. The molecule has 8 rings (SSSR count). The molecular weight excluding hydrogens is 1050 g/mol. The second-order valence-corrected chi connectivity index (χ2v) is 21.3. The number of aliphatic hydroxyl groups excluding tert-OH is 1. The summed E-state index contributed by atoms with van der Waals surface area (Å²) in [6, 6.07) is 8.37. The van der Waals surface area contributed by atoms with Gasteiger partial charge in [-0.1, -0.05) is 18.2 Å². The molecule has 0 spiro atoms. The zero-order chi connectivity index (χ0) is 57.6. The number of likely N-dealkylation sites (tertiary alicyclic amines) is 1. The number of morpholine rings is 1. The van der Waals surface area contributed by atoms with Gasteiger partial charge < -0.3 is 70.5 Å². The van der Waals surface area contributed by atoms with Crippen LogP contribution < -0.4 is 31.3 Å². The van der Waals surface area contributed by atoms with Crippen LogP contribution in [0.25, 0.3) is 0 Å². The first kappa shape index (κ1) is 61.3. The Labute approximate surface area is 457 Å². The summed E-state index contributed by atoms with van der Waals surface area (Å²) in [6.07, 6.45) is 4.07. The van der Waals surface area contributed by atoms with Crippen molar-refractivity contribution in [3.05, 3.63) is 75.5 Å². The minimum atomic E-state index is -3.56. The fourth-order valence-corrected chi connectivity index (χ4v) is 10.5. The van der Waals surface area contributed by atoms with Gasteiger partial charge in [0.2, 0.25) is 29.4 Å². The number of aldehydes is 1. The van der Waals surface area contributed by atoms with Gasteiger partial charge in [-0.3, -0.25) is 38.5 Å². The van der Waals surface area contributed by atoms with Crippen molar-refractivity contribution in [1.29, 1.82) is 0 Å². The Morgan fingerprint density at radius 1 is 0.835 bits per heavy atom. The molecule has 0 bridgehead atoms. The number of hydrogen-bond donors (Lipinski definition) is 8. The van der Waals surface area contributed by atoms with Gasteiger partial charge in [-0.25, -0.2) is 13.4 Å². The van der Waals surface area contributed by atoms with Gasteiger partial charge in [-0.2, -0.15) is 0 Å². The van der Waals surface area contributed by atoms with E-state index in [9.17, 15) is 62.1 Å². The average molecular weight is 1120 g/mol. The van der Waals surface area contributed by atoms with Crippen molar-refractivity contribution in [3.8, 4) is 17.2 Å². The van der Waals surface area contributed by atoms with Gasteiger partial charge in [0.05, 0.1) is 61.7 Å². The van der Waals surface area contributed by atoms with Crippen molar-refractivity contribution < 1.29 is 81.0 Å². The van der Waals surface area contributed by atoms with Crippen LogP contribution in [0, 0.1) is 5.92 Å². The minimum Gasteiger partial charge on any atom is -0.507 e. The second kappa shape index (κ2) is 28.3. The van der Waals surface area contributed by atoms with Gasteiger partial charge in [-0.05, 0) is 70.7 Å². The highest BCUT2D eigenvalue weighted by molar-refractivity contribution is 7.90. The molecule has 5 aliphatic rings. The number of aromatic hydroxyl groups is 2. The molecule has 6 atom stereocenters. The molecule has 2 aliphatic carbocycles. The monoisotopic (exact) mass is 1120 g/mol. The number of amides is 5. The topological polar surface area (TPSA) is 348 Å². The lowest BCUT2D eigenvalue weighted by Crippen LogP contribution is -2.57. The average Bonchev–Trinajstić information content (AvgIpc) is 4.12. The Balaban J connectivity index is 0.000000202. The number of benzene rings is 2. The van der Waals surface area contributed by atoms with E-state index in [0.29, 0.717) is 62.9 Å². The Bertz CT molecular complexity index is 2870. The van der Waals surface area contributed by atoms with Crippen LogP contribution in [0.4, 0.5) is 0 Å². The van der Waals surface area contributed by atoms with E-state index >= 15 is 0 Å². The number of phenols is 2. The van der Waals surface area contributed by atoms with Crippen LogP contribution in [0.15, 0.2) is 41.4 Å². The predicted molar refractivity (Wildman–Crippen MR) is 281 cm³/mol. The summed E-state index contributed by atoms with van der Waals surface area (Å²) in [6.45, 7) is 5.79. The molecule has 1 aromatic heterocycles. The molecule has 6 unspecified atom stereocenters. The third-order valence-corrected chi connectivity index (χ3v) is 15.2. The number of sulfone groups is 1. The number of rotatable bonds is 17. The standard InChI is InChI=1S/C23H24N2O6.C19H25N5O7S.C11H21NO4/c1-24-8-9-25-23(30)11-6-7-12-14(10-11)21(28)17-18(19(12)26)22(29)16-13(20(17)27)4-3-5-15(16)31-2;1-32(30,31)17-6-2-5-14(23-17)19(29)20-8-7-15(26)21-10-16(27)22-11-18(28)24-9-3-4-13(24)12-25;1-8-11(13)9(3-5-15-8)12-4-6-16-10(7-12)14-2/h3-5,11,24,26,28H,6-10H2,1-2H3,(H,25,30);2,5-6,12-13H,3-4,7-11H2,1H3,(H,20,29)(H,21,26)(H,22,27);8-11,13H,3-7H2,1-2H3. The summed E-state index contributed by atoms with van der Waals surface area (Å²) in [5.41, 5.74) is 0.442. The molecule has 4 heterocycles. The highest BCUT2D eigenvalue weighted by atomic mass is 32.2. The first-order valence-corrected chi connectivity index (χ1v) is 27.8. The lowest BCUT2D eigenvalue weighted by Gasteiger charge is -2.43. The molecule has 8 N–H and O–H groups in total. The second-order valence-electron chi connectivity index (χ2n) is 19.4. The quantitative estimate of drug-likeness (QED) is 0.0364. The lowest BCUT2D eigenvalue weighted by atomic mass is 9.75. The molecule has 3 aromatic rings. The maximum absolute atomic E-state index is 13.2. The zero-order valence-electron chi connectivity index (χ0n) is 44.8. The molecular formula is C53H70N8O17S. The van der Waals surface area contributed by atoms with Crippen LogP contribution >= 0.6 is 0 Å². The van der Waals surface area contributed by atoms with Crippen LogP contribution in [0.3, 0.4) is 0 Å². The number of aromatic nitrogens is 1. The zero-order valence-corrected chi connectivity index (χ0v) is 45.6. The van der Waals surface area contributed by atoms with E-state index < -0.39 is 57.2 Å². The first-order valence-electron chi connectivity index (χ1n) is 25.9. The molecule has 3 aliphatic heterocycles. The number of ether oxygens (including phenoxy) is 4. The van der Waals surface area contributed by atoms with E-state index in [1.807, 2.05) is 6.92 Å². The van der Waals surface area contributed by atoms with E-state index in [1.54, 1.807) is 26.3 Å². The van der Waals surface area contributed by atoms with Gasteiger partial charge in [-0.15, -0.1) is 0 Å². The van der Waals surface area contributed by atoms with Crippen LogP contribution in [-0.2, 0) is 60.9 Å². The van der Waals surface area contributed by atoms with Crippen LogP contribution in [0.1, 0.15) is 92.5 Å². The molecule has 3 fully saturated rings. The number of phenolic OH excluding ortho intramolecular Hbond substituents is 2. The van der Waals surface area contributed by atoms with Crippen molar-refractivity contribution in [2.24, 2.45) is 5.92 Å². The van der Waals surface area contributed by atoms with Crippen molar-refractivity contribution in [2.45, 2.75) is 87.5 Å². The number of pyridine rings is 1. The molecule has 2 aromatic carbocycles. The SMILES string of the molecule is CNCCNC(=O)C1CCc2c(O)c3c(c(O)c2C1)C(=O)c1cccc(OC)c1C3=O.COC1CN(C2CCOC(C)C2O)CCO1.CS(=O)(=O)c1cccc(C(=O)NCCC(=O)NCC(=O)NCC(=O)N2CCCC2C=O)n1. The third kappa shape index (κ3) is 15.3. The summed E-state index contributed by atoms with van der Waals surface area (Å²) in [5.74, 6) is -4.14. The molecule has 79 heavy (non-hydrogen) atoms. The Morgan fingerprint density at radius 3 is 2.27 bits per heavy atom. The van der Waals surface area contributed by atoms with Crippen LogP contribution in [0.5, 0.6) is 17.2 Å². The molecule has 0 saturated carbocycles. The number of carbonyl (C=O) groups is 8. The number of fused-ring (bicyclic) bond motifs is 3. The summed E-state index contributed by atoms with van der Waals surface area (Å²) >= 11 is 0. The van der Waals surface area contributed by atoms with Crippen LogP contribution in [0.2, 0.25) is 0 Å². The number of carbonyl (C=O) groups excluding carboxylic acids is 8. The van der Waals surface area contributed by atoms with Gasteiger partial charge >= 0.3 is 0 Å². The Morgan fingerprint density at radius 2 is 1.56 bits per heavy atom. The van der Waals surface area contributed by atoms with E-state index in [4.69, 9.17) is 18.9 Å². The summed E-state index contributed by atoms with van der Waals surface area (Å²) in [7, 11) is 1.28. The van der Waals surface area contributed by atoms with E-state index in [0.717, 1.165) is 38.8 Å². The summed E-state index contributed by atoms with van der Waals surface area (Å²) < 4.78 is 44.3. The minimum absolute atomic E-state index is 0.0579. The third-order valence-electron chi connectivity index (χ3n) is 14.2. The van der Waals surface area contributed by atoms with Gasteiger partial charge in [0.25, 0.3) is 5.91 Å². The molecule has 0 radical (unpaired) electrons. The molecule has 430 valence electrons. The van der Waals surface area contributed by atoms with E-state index in [2.05, 4.69) is 36.5 Å². The smallest absolute Gasteiger partial charge is 0.269 e. The number of hydrogen-bond acceptors (Lipinski definition) is 20. The molecule has 26 heteroatoms. The normalized spacial score (nSPS) is 21.5. The fraction of sp³-hybridized carbons (Fsp3) is 0.528. The Kier molecular flexibility index (Phi) is 21.9. The molecule has 3 saturated heterocycles. The largest absolute Gasteiger partial charge is 0.507 e. The van der Waals surface area contributed by atoms with Gasteiger partial charge in [0, 0.05) is 94.3 Å². The fourth-order valence-electron chi connectivity index (χ4n) is 9.90. The van der Waals surface area contributed by atoms with E-state index in [-0.39, 0.29) is 113 Å². The lowest BCUT2D eigenvalue weighted by molar-refractivity contribution is -0.190. The number of nitrogens with one attached hydrogen (secondary N) is 5. The molecule has 5 amide bonds.